The van der Waals surface area contributed by atoms with E-state index in [1.165, 1.54) is 0 Å². The van der Waals surface area contributed by atoms with E-state index in [0.717, 1.165) is 17.3 Å². The second-order valence-electron chi connectivity index (χ2n) is 4.59. The summed E-state index contributed by atoms with van der Waals surface area (Å²) in [6.45, 7) is 1.09. The Morgan fingerprint density at radius 3 is 2.55 bits per heavy atom. The van der Waals surface area contributed by atoms with Gasteiger partial charge in [-0.05, 0) is 5.56 Å². The quantitative estimate of drug-likeness (QED) is 0.763. The van der Waals surface area contributed by atoms with Crippen molar-refractivity contribution in [2.24, 2.45) is 0 Å². The number of hydrogen-bond acceptors (Lipinski definition) is 2. The third kappa shape index (κ3) is 2.38. The molecule has 0 saturated heterocycles. The van der Waals surface area contributed by atoms with Crippen molar-refractivity contribution in [3.05, 3.63) is 59.4 Å². The molecule has 0 aliphatic carbocycles. The number of rotatable bonds is 2. The molecule has 0 fully saturated rings. The Bertz CT molecular complexity index is 631. The maximum absolute atomic E-state index is 14.0. The smallest absolute Gasteiger partial charge is 0.174 e. The summed E-state index contributed by atoms with van der Waals surface area (Å²) in [6, 6.07) is 10.2. The molecule has 5 heteroatoms. The molecular formula is C15H12F3NS. The van der Waals surface area contributed by atoms with Gasteiger partial charge in [0, 0.05) is 24.9 Å². The van der Waals surface area contributed by atoms with Crippen LogP contribution in [0.15, 0.2) is 41.3 Å². The Labute approximate surface area is 119 Å². The highest BCUT2D eigenvalue weighted by molar-refractivity contribution is 7.99. The predicted octanol–water partition coefficient (Wildman–Crippen LogP) is 4.22. The van der Waals surface area contributed by atoms with Gasteiger partial charge in [0.1, 0.15) is 0 Å². The summed E-state index contributed by atoms with van der Waals surface area (Å²) < 4.78 is 41.1. The summed E-state index contributed by atoms with van der Waals surface area (Å²) in [5.74, 6) is -2.18. The Balaban J connectivity index is 2.00. The number of benzene rings is 2. The van der Waals surface area contributed by atoms with E-state index in [1.807, 2.05) is 30.3 Å². The first kappa shape index (κ1) is 13.4. The van der Waals surface area contributed by atoms with E-state index >= 15 is 0 Å². The zero-order valence-corrected chi connectivity index (χ0v) is 11.4. The van der Waals surface area contributed by atoms with Gasteiger partial charge >= 0.3 is 0 Å². The molecule has 2 aromatic carbocycles. The molecule has 3 rings (SSSR count). The van der Waals surface area contributed by atoms with Crippen LogP contribution in [0.3, 0.4) is 0 Å². The average Bonchev–Trinajstić information content (AvgIpc) is 2.46. The first-order valence-electron chi connectivity index (χ1n) is 6.26. The summed E-state index contributed by atoms with van der Waals surface area (Å²) in [6.07, 6.45) is 0. The lowest BCUT2D eigenvalue weighted by molar-refractivity contribution is 0.474. The van der Waals surface area contributed by atoms with Gasteiger partial charge < -0.3 is 4.90 Å². The molecule has 0 unspecified atom stereocenters. The zero-order chi connectivity index (χ0) is 14.1. The molecule has 0 bridgehead atoms. The van der Waals surface area contributed by atoms with E-state index in [2.05, 4.69) is 0 Å². The zero-order valence-electron chi connectivity index (χ0n) is 10.6. The van der Waals surface area contributed by atoms with Crippen LogP contribution in [-0.2, 0) is 6.54 Å². The molecule has 0 radical (unpaired) electrons. The van der Waals surface area contributed by atoms with Gasteiger partial charge in [-0.25, -0.2) is 13.2 Å². The molecule has 0 amide bonds. The summed E-state index contributed by atoms with van der Waals surface area (Å²) in [5.41, 5.74) is 1.18. The minimum atomic E-state index is -1.13. The number of fused-ring (bicyclic) bond motifs is 1. The molecule has 0 aromatic heterocycles. The van der Waals surface area contributed by atoms with E-state index in [0.29, 0.717) is 24.9 Å². The van der Waals surface area contributed by atoms with Crippen molar-refractivity contribution < 1.29 is 13.2 Å². The van der Waals surface area contributed by atoms with Crippen molar-refractivity contribution >= 4 is 17.4 Å². The molecule has 0 saturated carbocycles. The minimum absolute atomic E-state index is 0.0738. The van der Waals surface area contributed by atoms with E-state index < -0.39 is 17.5 Å². The molecular weight excluding hydrogens is 283 g/mol. The number of thioether (sulfide) groups is 1. The molecule has 0 atom stereocenters. The largest absolute Gasteiger partial charge is 0.363 e. The lowest BCUT2D eigenvalue weighted by Gasteiger charge is -2.31. The maximum atomic E-state index is 14.0. The SMILES string of the molecule is Fc1cc(F)c2c(c1F)SCCN2Cc1ccccc1. The van der Waals surface area contributed by atoms with Crippen molar-refractivity contribution in [3.8, 4) is 0 Å². The summed E-state index contributed by atoms with van der Waals surface area (Å²) >= 11 is 1.16. The van der Waals surface area contributed by atoms with E-state index in [4.69, 9.17) is 0 Å². The van der Waals surface area contributed by atoms with Crippen molar-refractivity contribution in [2.45, 2.75) is 11.4 Å². The lowest BCUT2D eigenvalue weighted by Crippen LogP contribution is -2.30. The highest BCUT2D eigenvalue weighted by Gasteiger charge is 2.27. The van der Waals surface area contributed by atoms with Crippen LogP contribution < -0.4 is 4.90 Å². The van der Waals surface area contributed by atoms with Crippen LogP contribution in [0.2, 0.25) is 0 Å². The molecule has 1 aliphatic rings. The topological polar surface area (TPSA) is 3.24 Å². The maximum Gasteiger partial charge on any atom is 0.174 e. The number of hydrogen-bond donors (Lipinski definition) is 0. The van der Waals surface area contributed by atoms with Crippen LogP contribution in [0.25, 0.3) is 0 Å². The van der Waals surface area contributed by atoms with Crippen LogP contribution in [0, 0.1) is 17.5 Å². The van der Waals surface area contributed by atoms with Gasteiger partial charge in [0.15, 0.2) is 17.5 Å². The second kappa shape index (κ2) is 5.40. The Morgan fingerprint density at radius 2 is 1.80 bits per heavy atom. The van der Waals surface area contributed by atoms with Gasteiger partial charge in [0.2, 0.25) is 0 Å². The molecule has 2 aromatic rings. The third-order valence-corrected chi connectivity index (χ3v) is 4.29. The fourth-order valence-electron chi connectivity index (χ4n) is 2.32. The van der Waals surface area contributed by atoms with Crippen molar-refractivity contribution in [1.29, 1.82) is 0 Å². The summed E-state index contributed by atoms with van der Waals surface area (Å²) in [7, 11) is 0. The molecule has 1 aliphatic heterocycles. The monoisotopic (exact) mass is 295 g/mol. The summed E-state index contributed by atoms with van der Waals surface area (Å²) in [4.78, 5) is 1.84. The number of anilines is 1. The highest BCUT2D eigenvalue weighted by atomic mass is 32.2. The summed E-state index contributed by atoms with van der Waals surface area (Å²) in [5, 5.41) is 0. The normalized spacial score (nSPS) is 14.2. The molecule has 0 spiro atoms. The molecule has 1 nitrogen and oxygen atoms in total. The van der Waals surface area contributed by atoms with Crippen LogP contribution in [0.5, 0.6) is 0 Å². The van der Waals surface area contributed by atoms with Crippen LogP contribution in [-0.4, -0.2) is 12.3 Å². The van der Waals surface area contributed by atoms with Crippen LogP contribution >= 0.6 is 11.8 Å². The molecule has 1 heterocycles. The van der Waals surface area contributed by atoms with Crippen molar-refractivity contribution in [1.82, 2.24) is 0 Å². The van der Waals surface area contributed by atoms with E-state index in [1.54, 1.807) is 4.90 Å². The molecule has 20 heavy (non-hydrogen) atoms. The third-order valence-electron chi connectivity index (χ3n) is 3.24. The standard InChI is InChI=1S/C15H12F3NS/c16-11-8-12(17)14-15(13(11)18)20-7-6-19(14)9-10-4-2-1-3-5-10/h1-5,8H,6-7,9H2. The Hall–Kier alpha value is -1.62. The predicted molar refractivity (Wildman–Crippen MR) is 74.5 cm³/mol. The number of nitrogens with zero attached hydrogens (tertiary/aromatic N) is 1. The molecule has 104 valence electrons. The first-order chi connectivity index (χ1) is 9.66. The molecule has 0 N–H and O–H groups in total. The van der Waals surface area contributed by atoms with Crippen LogP contribution in [0.1, 0.15) is 5.56 Å². The van der Waals surface area contributed by atoms with Gasteiger partial charge in [-0.1, -0.05) is 30.3 Å². The fourth-order valence-corrected chi connectivity index (χ4v) is 3.43. The first-order valence-corrected chi connectivity index (χ1v) is 7.24. The van der Waals surface area contributed by atoms with Gasteiger partial charge in [-0.2, -0.15) is 0 Å². The van der Waals surface area contributed by atoms with E-state index in [-0.39, 0.29) is 10.6 Å². The van der Waals surface area contributed by atoms with Crippen LogP contribution in [0.4, 0.5) is 18.9 Å². The fraction of sp³-hybridized carbons (Fsp3) is 0.200. The number of halogens is 3. The second-order valence-corrected chi connectivity index (χ2v) is 5.69. The lowest BCUT2D eigenvalue weighted by atomic mass is 10.2. The van der Waals surface area contributed by atoms with Gasteiger partial charge in [-0.3, -0.25) is 0 Å². The Morgan fingerprint density at radius 1 is 1.05 bits per heavy atom. The van der Waals surface area contributed by atoms with Gasteiger partial charge in [0.25, 0.3) is 0 Å². The minimum Gasteiger partial charge on any atom is -0.363 e. The highest BCUT2D eigenvalue weighted by Crippen LogP contribution is 2.40. The average molecular weight is 295 g/mol. The van der Waals surface area contributed by atoms with Gasteiger partial charge in [-0.15, -0.1) is 11.8 Å². The van der Waals surface area contributed by atoms with E-state index in [9.17, 15) is 13.2 Å². The van der Waals surface area contributed by atoms with Crippen molar-refractivity contribution in [2.75, 3.05) is 17.2 Å². The van der Waals surface area contributed by atoms with Crippen molar-refractivity contribution in [3.63, 3.8) is 0 Å². The van der Waals surface area contributed by atoms with Gasteiger partial charge in [0.05, 0.1) is 10.6 Å². The Kier molecular flexibility index (Phi) is 3.61.